The van der Waals surface area contributed by atoms with Gasteiger partial charge in [0.15, 0.2) is 5.82 Å². The zero-order chi connectivity index (χ0) is 16.4. The van der Waals surface area contributed by atoms with E-state index in [9.17, 15) is 4.79 Å². The van der Waals surface area contributed by atoms with Crippen LogP contribution in [0.15, 0.2) is 4.52 Å². The molecule has 2 aromatic heterocycles. The molecule has 3 heterocycles. The molecule has 3 rings (SSSR count). The van der Waals surface area contributed by atoms with E-state index in [0.717, 1.165) is 38.1 Å². The Balaban J connectivity index is 1.73. The summed E-state index contributed by atoms with van der Waals surface area (Å²) in [5.74, 6) is 2.39. The van der Waals surface area contributed by atoms with Gasteiger partial charge in [-0.05, 0) is 12.8 Å². The highest BCUT2D eigenvalue weighted by Crippen LogP contribution is 2.16. The number of carbonyl (C=O) groups excluding carboxylic acids is 1. The number of fused-ring (bicyclic) bond motifs is 1. The lowest BCUT2D eigenvalue weighted by Gasteiger charge is -2.15. The second-order valence-electron chi connectivity index (χ2n) is 6.27. The molecule has 0 spiro atoms. The van der Waals surface area contributed by atoms with Gasteiger partial charge in [0.25, 0.3) is 5.91 Å². The first-order valence-electron chi connectivity index (χ1n) is 8.06. The van der Waals surface area contributed by atoms with Gasteiger partial charge in [-0.25, -0.2) is 0 Å². The fourth-order valence-electron chi connectivity index (χ4n) is 2.66. The SMILES string of the molecule is CC(C)c1nc(CN(C)C(=O)c2nnc3n2CCCCC3)no1. The quantitative estimate of drug-likeness (QED) is 0.853. The highest BCUT2D eigenvalue weighted by atomic mass is 16.5. The van der Waals surface area contributed by atoms with Gasteiger partial charge in [-0.1, -0.05) is 25.4 Å². The topological polar surface area (TPSA) is 89.9 Å². The molecule has 0 N–H and O–H groups in total. The molecule has 23 heavy (non-hydrogen) atoms. The van der Waals surface area contributed by atoms with Crippen LogP contribution in [0.1, 0.15) is 67.2 Å². The fourth-order valence-corrected chi connectivity index (χ4v) is 2.66. The Morgan fingerprint density at radius 1 is 1.30 bits per heavy atom. The third kappa shape index (κ3) is 3.25. The first kappa shape index (κ1) is 15.6. The molecule has 0 atom stereocenters. The minimum absolute atomic E-state index is 0.165. The summed E-state index contributed by atoms with van der Waals surface area (Å²) in [6.07, 6.45) is 4.20. The Bertz CT molecular complexity index is 690. The molecular formula is C15H22N6O2. The third-order valence-corrected chi connectivity index (χ3v) is 4.00. The standard InChI is InChI=1S/C15H22N6O2/c1-10(2)14-16-11(19-23-14)9-20(3)15(22)13-18-17-12-7-5-4-6-8-21(12)13/h10H,4-9H2,1-3H3. The van der Waals surface area contributed by atoms with E-state index in [1.54, 1.807) is 11.9 Å². The molecule has 2 aromatic rings. The molecule has 0 bridgehead atoms. The molecule has 0 saturated carbocycles. The summed E-state index contributed by atoms with van der Waals surface area (Å²) in [4.78, 5) is 18.5. The number of carbonyl (C=O) groups is 1. The van der Waals surface area contributed by atoms with Gasteiger partial charge in [0.05, 0.1) is 6.54 Å². The van der Waals surface area contributed by atoms with E-state index in [2.05, 4.69) is 20.3 Å². The van der Waals surface area contributed by atoms with Crippen LogP contribution in [-0.4, -0.2) is 42.8 Å². The van der Waals surface area contributed by atoms with E-state index in [1.807, 2.05) is 18.4 Å². The maximum atomic E-state index is 12.7. The normalized spacial score (nSPS) is 14.6. The number of aromatic nitrogens is 5. The van der Waals surface area contributed by atoms with E-state index in [4.69, 9.17) is 4.52 Å². The summed E-state index contributed by atoms with van der Waals surface area (Å²) in [7, 11) is 1.71. The minimum atomic E-state index is -0.165. The first-order chi connectivity index (χ1) is 11.1. The summed E-state index contributed by atoms with van der Waals surface area (Å²) in [5, 5.41) is 12.2. The molecular weight excluding hydrogens is 296 g/mol. The molecule has 124 valence electrons. The molecule has 0 unspecified atom stereocenters. The van der Waals surface area contributed by atoms with Gasteiger partial charge >= 0.3 is 0 Å². The average molecular weight is 318 g/mol. The van der Waals surface area contributed by atoms with Crippen LogP contribution in [0.4, 0.5) is 0 Å². The molecule has 8 nitrogen and oxygen atoms in total. The molecule has 0 aliphatic carbocycles. The lowest BCUT2D eigenvalue weighted by molar-refractivity contribution is 0.0762. The Hall–Kier alpha value is -2.25. The van der Waals surface area contributed by atoms with Gasteiger partial charge in [-0.2, -0.15) is 4.98 Å². The summed E-state index contributed by atoms with van der Waals surface area (Å²) < 4.78 is 7.12. The van der Waals surface area contributed by atoms with Crippen LogP contribution in [0.3, 0.4) is 0 Å². The van der Waals surface area contributed by atoms with Crippen LogP contribution in [0.5, 0.6) is 0 Å². The van der Waals surface area contributed by atoms with Crippen LogP contribution in [0.25, 0.3) is 0 Å². The molecule has 0 saturated heterocycles. The lowest BCUT2D eigenvalue weighted by atomic mass is 10.2. The first-order valence-corrected chi connectivity index (χ1v) is 8.06. The number of hydrogen-bond donors (Lipinski definition) is 0. The molecule has 0 fully saturated rings. The van der Waals surface area contributed by atoms with Gasteiger partial charge in [0.2, 0.25) is 11.7 Å². The minimum Gasteiger partial charge on any atom is -0.339 e. The number of aryl methyl sites for hydroxylation is 1. The summed E-state index contributed by atoms with van der Waals surface area (Å²) >= 11 is 0. The average Bonchev–Trinajstić information content (AvgIpc) is 3.08. The van der Waals surface area contributed by atoms with Crippen molar-refractivity contribution in [3.8, 4) is 0 Å². The second kappa shape index (κ2) is 6.47. The van der Waals surface area contributed by atoms with Gasteiger partial charge in [0, 0.05) is 25.9 Å². The van der Waals surface area contributed by atoms with Gasteiger partial charge < -0.3 is 14.0 Å². The predicted octanol–water partition coefficient (Wildman–Crippen LogP) is 1.78. The van der Waals surface area contributed by atoms with Crippen LogP contribution >= 0.6 is 0 Å². The summed E-state index contributed by atoms with van der Waals surface area (Å²) in [5.41, 5.74) is 0. The maximum absolute atomic E-state index is 12.7. The van der Waals surface area contributed by atoms with E-state index in [1.165, 1.54) is 0 Å². The van der Waals surface area contributed by atoms with Crippen LogP contribution in [0.2, 0.25) is 0 Å². The summed E-state index contributed by atoms with van der Waals surface area (Å²) in [6, 6.07) is 0. The van der Waals surface area contributed by atoms with Crippen molar-refractivity contribution in [2.45, 2.75) is 58.5 Å². The van der Waals surface area contributed by atoms with E-state index < -0.39 is 0 Å². The smallest absolute Gasteiger partial charge is 0.291 e. The molecule has 1 aliphatic heterocycles. The number of rotatable bonds is 4. The molecule has 0 radical (unpaired) electrons. The van der Waals surface area contributed by atoms with Crippen LogP contribution in [-0.2, 0) is 19.5 Å². The fraction of sp³-hybridized carbons (Fsp3) is 0.667. The number of amides is 1. The van der Waals surface area contributed by atoms with Crippen molar-refractivity contribution < 1.29 is 9.32 Å². The van der Waals surface area contributed by atoms with Crippen molar-refractivity contribution in [1.29, 1.82) is 0 Å². The lowest BCUT2D eigenvalue weighted by Crippen LogP contribution is -2.29. The van der Waals surface area contributed by atoms with E-state index >= 15 is 0 Å². The molecule has 8 heteroatoms. The van der Waals surface area contributed by atoms with Crippen molar-refractivity contribution in [2.75, 3.05) is 7.05 Å². The van der Waals surface area contributed by atoms with E-state index in [-0.39, 0.29) is 18.4 Å². The van der Waals surface area contributed by atoms with Crippen molar-refractivity contribution in [2.24, 2.45) is 0 Å². The van der Waals surface area contributed by atoms with Gasteiger partial charge in [0.1, 0.15) is 5.82 Å². The Kier molecular flexibility index (Phi) is 4.40. The number of nitrogens with zero attached hydrogens (tertiary/aromatic N) is 6. The van der Waals surface area contributed by atoms with Crippen molar-refractivity contribution >= 4 is 5.91 Å². The highest BCUT2D eigenvalue weighted by Gasteiger charge is 2.24. The summed E-state index contributed by atoms with van der Waals surface area (Å²) in [6.45, 7) is 5.06. The monoisotopic (exact) mass is 318 g/mol. The predicted molar refractivity (Wildman–Crippen MR) is 81.8 cm³/mol. The van der Waals surface area contributed by atoms with Gasteiger partial charge in [-0.15, -0.1) is 10.2 Å². The van der Waals surface area contributed by atoms with Crippen molar-refractivity contribution in [1.82, 2.24) is 29.8 Å². The van der Waals surface area contributed by atoms with Crippen LogP contribution in [0, 0.1) is 0 Å². The second-order valence-corrected chi connectivity index (χ2v) is 6.27. The maximum Gasteiger partial charge on any atom is 0.291 e. The molecule has 1 aliphatic rings. The third-order valence-electron chi connectivity index (χ3n) is 4.00. The Morgan fingerprint density at radius 2 is 2.13 bits per heavy atom. The van der Waals surface area contributed by atoms with Gasteiger partial charge in [-0.3, -0.25) is 4.79 Å². The Morgan fingerprint density at radius 3 is 2.87 bits per heavy atom. The zero-order valence-corrected chi connectivity index (χ0v) is 13.8. The molecule has 1 amide bonds. The zero-order valence-electron chi connectivity index (χ0n) is 13.8. The van der Waals surface area contributed by atoms with Crippen LogP contribution < -0.4 is 0 Å². The highest BCUT2D eigenvalue weighted by molar-refractivity contribution is 5.90. The Labute approximate surface area is 134 Å². The van der Waals surface area contributed by atoms with Crippen molar-refractivity contribution in [3.05, 3.63) is 23.4 Å². The number of hydrogen-bond acceptors (Lipinski definition) is 6. The van der Waals surface area contributed by atoms with E-state index in [0.29, 0.717) is 17.5 Å². The molecule has 0 aromatic carbocycles. The van der Waals surface area contributed by atoms with Crippen molar-refractivity contribution in [3.63, 3.8) is 0 Å². The largest absolute Gasteiger partial charge is 0.339 e.